The highest BCUT2D eigenvalue weighted by Crippen LogP contribution is 2.33. The first-order chi connectivity index (χ1) is 8.35. The van der Waals surface area contributed by atoms with Gasteiger partial charge in [-0.25, -0.2) is 0 Å². The Kier molecular flexibility index (Phi) is 4.35. The molecule has 2 heteroatoms. The first kappa shape index (κ1) is 12.3. The van der Waals surface area contributed by atoms with Crippen LogP contribution in [0.15, 0.2) is 30.3 Å². The van der Waals surface area contributed by atoms with E-state index < -0.39 is 0 Å². The predicted molar refractivity (Wildman–Crippen MR) is 69.9 cm³/mol. The van der Waals surface area contributed by atoms with Crippen molar-refractivity contribution in [1.29, 1.82) is 0 Å². The van der Waals surface area contributed by atoms with Crippen molar-refractivity contribution in [2.24, 2.45) is 0 Å². The topological polar surface area (TPSA) is 18.5 Å². The fourth-order valence-electron chi connectivity index (χ4n) is 2.29. The van der Waals surface area contributed by atoms with E-state index in [-0.39, 0.29) is 6.29 Å². The Hall–Kier alpha value is -1.12. The minimum Gasteiger partial charge on any atom is -0.353 e. The summed E-state index contributed by atoms with van der Waals surface area (Å²) in [4.78, 5) is 0. The molecule has 1 aliphatic rings. The molecule has 1 aromatic rings. The van der Waals surface area contributed by atoms with Gasteiger partial charge < -0.3 is 9.47 Å². The summed E-state index contributed by atoms with van der Waals surface area (Å²) in [6.45, 7) is 5.40. The largest absolute Gasteiger partial charge is 0.353 e. The quantitative estimate of drug-likeness (QED) is 0.698. The molecule has 0 N–H and O–H groups in total. The number of benzene rings is 1. The molecule has 92 valence electrons. The average molecular weight is 232 g/mol. The third-order valence-corrected chi connectivity index (χ3v) is 3.06. The second-order valence-electron chi connectivity index (χ2n) is 4.17. The highest BCUT2D eigenvalue weighted by molar-refractivity contribution is 5.62. The molecule has 0 fully saturated rings. The Morgan fingerprint density at radius 3 is 2.53 bits per heavy atom. The van der Waals surface area contributed by atoms with Crippen molar-refractivity contribution in [2.75, 3.05) is 13.2 Å². The average Bonchev–Trinajstić information content (AvgIpc) is 2.74. The number of fused-ring (bicyclic) bond motifs is 1. The van der Waals surface area contributed by atoms with E-state index >= 15 is 0 Å². The molecule has 1 unspecified atom stereocenters. The van der Waals surface area contributed by atoms with Crippen LogP contribution in [0.5, 0.6) is 0 Å². The predicted octanol–water partition coefficient (Wildman–Crippen LogP) is 3.59. The van der Waals surface area contributed by atoms with Crippen molar-refractivity contribution >= 4 is 6.08 Å². The lowest BCUT2D eigenvalue weighted by atomic mass is 9.97. The van der Waals surface area contributed by atoms with Crippen LogP contribution in [-0.4, -0.2) is 19.5 Å². The molecular formula is C15H20O2. The van der Waals surface area contributed by atoms with Crippen LogP contribution in [0.4, 0.5) is 0 Å². The number of ether oxygens (including phenoxy) is 2. The molecular weight excluding hydrogens is 212 g/mol. The van der Waals surface area contributed by atoms with Crippen LogP contribution in [0.2, 0.25) is 0 Å². The summed E-state index contributed by atoms with van der Waals surface area (Å²) in [6.07, 6.45) is 5.24. The van der Waals surface area contributed by atoms with E-state index in [2.05, 4.69) is 36.4 Å². The van der Waals surface area contributed by atoms with E-state index in [4.69, 9.17) is 9.47 Å². The summed E-state index contributed by atoms with van der Waals surface area (Å²) in [6, 6.07) is 8.51. The van der Waals surface area contributed by atoms with Gasteiger partial charge in [0.2, 0.25) is 0 Å². The van der Waals surface area contributed by atoms with Gasteiger partial charge in [0.05, 0.1) is 0 Å². The van der Waals surface area contributed by atoms with E-state index in [1.807, 2.05) is 13.8 Å². The first-order valence-electron chi connectivity index (χ1n) is 6.35. The number of rotatable bonds is 6. The molecule has 0 aromatic heterocycles. The van der Waals surface area contributed by atoms with Crippen molar-refractivity contribution < 1.29 is 9.47 Å². The minimum absolute atomic E-state index is 0.0918. The molecule has 0 heterocycles. The Morgan fingerprint density at radius 1 is 1.12 bits per heavy atom. The molecule has 17 heavy (non-hydrogen) atoms. The van der Waals surface area contributed by atoms with Gasteiger partial charge in [0.1, 0.15) is 0 Å². The van der Waals surface area contributed by atoms with Crippen LogP contribution in [0.25, 0.3) is 6.08 Å². The molecule has 0 amide bonds. The molecule has 1 aromatic carbocycles. The van der Waals surface area contributed by atoms with E-state index in [0.717, 1.165) is 6.42 Å². The van der Waals surface area contributed by atoms with E-state index in [1.165, 1.54) is 11.1 Å². The van der Waals surface area contributed by atoms with Crippen LogP contribution < -0.4 is 0 Å². The summed E-state index contributed by atoms with van der Waals surface area (Å²) in [5, 5.41) is 0. The Labute approximate surface area is 103 Å². The van der Waals surface area contributed by atoms with Crippen molar-refractivity contribution in [2.45, 2.75) is 32.5 Å². The van der Waals surface area contributed by atoms with Gasteiger partial charge >= 0.3 is 0 Å². The SMILES string of the molecule is CCOC(CC1C=Cc2ccccc21)OCC. The smallest absolute Gasteiger partial charge is 0.158 e. The van der Waals surface area contributed by atoms with Crippen LogP contribution in [0, 0.1) is 0 Å². The van der Waals surface area contributed by atoms with E-state index in [1.54, 1.807) is 0 Å². The maximum absolute atomic E-state index is 5.60. The lowest BCUT2D eigenvalue weighted by molar-refractivity contribution is -0.140. The molecule has 0 saturated carbocycles. The third-order valence-electron chi connectivity index (χ3n) is 3.06. The summed E-state index contributed by atoms with van der Waals surface area (Å²) in [7, 11) is 0. The monoisotopic (exact) mass is 232 g/mol. The molecule has 0 aliphatic heterocycles. The van der Waals surface area contributed by atoms with Gasteiger partial charge in [-0.3, -0.25) is 0 Å². The Morgan fingerprint density at radius 2 is 1.82 bits per heavy atom. The van der Waals surface area contributed by atoms with Gasteiger partial charge in [-0.05, 0) is 25.0 Å². The normalized spacial score (nSPS) is 17.7. The van der Waals surface area contributed by atoms with Gasteiger partial charge in [0, 0.05) is 25.6 Å². The maximum Gasteiger partial charge on any atom is 0.158 e. The standard InChI is InChI=1S/C15H20O2/c1-3-16-15(17-4-2)11-13-10-9-12-7-5-6-8-14(12)13/h5-10,13,15H,3-4,11H2,1-2H3. The highest BCUT2D eigenvalue weighted by atomic mass is 16.7. The van der Waals surface area contributed by atoms with Crippen molar-refractivity contribution in [3.63, 3.8) is 0 Å². The first-order valence-corrected chi connectivity index (χ1v) is 6.35. The molecule has 1 atom stereocenters. The molecule has 1 aliphatic carbocycles. The van der Waals surface area contributed by atoms with Crippen molar-refractivity contribution in [3.8, 4) is 0 Å². The fourth-order valence-corrected chi connectivity index (χ4v) is 2.29. The number of allylic oxidation sites excluding steroid dienone is 1. The second-order valence-corrected chi connectivity index (χ2v) is 4.17. The van der Waals surface area contributed by atoms with Crippen molar-refractivity contribution in [3.05, 3.63) is 41.5 Å². The zero-order valence-corrected chi connectivity index (χ0v) is 10.6. The number of hydrogen-bond donors (Lipinski definition) is 0. The molecule has 0 radical (unpaired) electrons. The summed E-state index contributed by atoms with van der Waals surface area (Å²) >= 11 is 0. The summed E-state index contributed by atoms with van der Waals surface area (Å²) < 4.78 is 11.2. The third kappa shape index (κ3) is 2.96. The molecule has 2 nitrogen and oxygen atoms in total. The molecule has 0 bridgehead atoms. The second kappa shape index (κ2) is 5.99. The van der Waals surface area contributed by atoms with Gasteiger partial charge in [-0.2, -0.15) is 0 Å². The van der Waals surface area contributed by atoms with Gasteiger partial charge in [-0.1, -0.05) is 36.4 Å². The van der Waals surface area contributed by atoms with E-state index in [0.29, 0.717) is 19.1 Å². The van der Waals surface area contributed by atoms with Crippen LogP contribution in [-0.2, 0) is 9.47 Å². The Bertz CT molecular complexity index is 378. The molecule has 0 spiro atoms. The van der Waals surface area contributed by atoms with Crippen LogP contribution >= 0.6 is 0 Å². The fraction of sp³-hybridized carbons (Fsp3) is 0.467. The summed E-state index contributed by atoms with van der Waals surface area (Å²) in [5.41, 5.74) is 2.71. The zero-order valence-electron chi connectivity index (χ0n) is 10.6. The lowest BCUT2D eigenvalue weighted by Gasteiger charge is -2.20. The minimum atomic E-state index is -0.0918. The molecule has 2 rings (SSSR count). The van der Waals surface area contributed by atoms with Gasteiger partial charge in [0.15, 0.2) is 6.29 Å². The van der Waals surface area contributed by atoms with Gasteiger partial charge in [0.25, 0.3) is 0 Å². The highest BCUT2D eigenvalue weighted by Gasteiger charge is 2.21. The Balaban J connectivity index is 2.02. The van der Waals surface area contributed by atoms with E-state index in [9.17, 15) is 0 Å². The van der Waals surface area contributed by atoms with Gasteiger partial charge in [-0.15, -0.1) is 0 Å². The number of hydrogen-bond acceptors (Lipinski definition) is 2. The summed E-state index contributed by atoms with van der Waals surface area (Å²) in [5.74, 6) is 0.425. The van der Waals surface area contributed by atoms with Crippen LogP contribution in [0.3, 0.4) is 0 Å². The van der Waals surface area contributed by atoms with Crippen molar-refractivity contribution in [1.82, 2.24) is 0 Å². The molecule has 0 saturated heterocycles. The van der Waals surface area contributed by atoms with Crippen LogP contribution in [0.1, 0.15) is 37.3 Å². The maximum atomic E-state index is 5.60. The zero-order chi connectivity index (χ0) is 12.1. The lowest BCUT2D eigenvalue weighted by Crippen LogP contribution is -2.19.